The van der Waals surface area contributed by atoms with E-state index in [1.807, 2.05) is 6.92 Å². The molecule has 0 bridgehead atoms. The predicted octanol–water partition coefficient (Wildman–Crippen LogP) is -1.50. The third-order valence-corrected chi connectivity index (χ3v) is 1.87. The van der Waals surface area contributed by atoms with Crippen LogP contribution in [0.3, 0.4) is 0 Å². The second-order valence-corrected chi connectivity index (χ2v) is 2.63. The van der Waals surface area contributed by atoms with Crippen molar-refractivity contribution in [2.75, 3.05) is 6.67 Å². The Morgan fingerprint density at radius 2 is 2.18 bits per heavy atom. The molecule has 0 saturated carbocycles. The fourth-order valence-electron chi connectivity index (χ4n) is 1.06. The molecular formula is C5H14N6. The summed E-state index contributed by atoms with van der Waals surface area (Å²) in [6, 6.07) is 0.169. The second-order valence-electron chi connectivity index (χ2n) is 2.63. The number of rotatable bonds is 1. The average molecular weight is 158 g/mol. The van der Waals surface area contributed by atoms with Crippen LogP contribution in [0.5, 0.6) is 0 Å². The standard InChI is InChI=1S/C5H14N6/c1-3-4(6)5(10-11-7)9-2-8-3/h3-5,8-9H,2,6H2,1H3,(H2,7,10). The zero-order valence-electron chi connectivity index (χ0n) is 6.49. The van der Waals surface area contributed by atoms with Crippen molar-refractivity contribution in [1.29, 1.82) is 0 Å². The topological polar surface area (TPSA) is 101 Å². The lowest BCUT2D eigenvalue weighted by Crippen LogP contribution is -2.62. The summed E-state index contributed by atoms with van der Waals surface area (Å²) in [6.45, 7) is 2.70. The van der Waals surface area contributed by atoms with E-state index in [1.165, 1.54) is 0 Å². The van der Waals surface area contributed by atoms with Crippen molar-refractivity contribution in [1.82, 2.24) is 10.6 Å². The van der Waals surface area contributed by atoms with Gasteiger partial charge in [0.15, 0.2) is 0 Å². The predicted molar refractivity (Wildman–Crippen MR) is 41.4 cm³/mol. The van der Waals surface area contributed by atoms with Crippen LogP contribution in [-0.4, -0.2) is 24.9 Å². The Labute approximate surface area is 65.4 Å². The van der Waals surface area contributed by atoms with E-state index < -0.39 is 0 Å². The number of hydrogen-bond acceptors (Lipinski definition) is 5. The zero-order valence-corrected chi connectivity index (χ0v) is 6.49. The number of nitrogens with one attached hydrogen (secondary N) is 2. The quantitative estimate of drug-likeness (QED) is 0.212. The first-order valence-corrected chi connectivity index (χ1v) is 3.58. The van der Waals surface area contributed by atoms with Crippen LogP contribution in [0.1, 0.15) is 6.92 Å². The molecule has 0 spiro atoms. The van der Waals surface area contributed by atoms with Crippen molar-refractivity contribution < 1.29 is 0 Å². The van der Waals surface area contributed by atoms with E-state index in [2.05, 4.69) is 21.0 Å². The molecule has 0 aromatic rings. The van der Waals surface area contributed by atoms with Gasteiger partial charge in [0.05, 0.1) is 6.04 Å². The summed E-state index contributed by atoms with van der Waals surface area (Å²) in [6.07, 6.45) is -0.156. The molecule has 0 aromatic carbocycles. The summed E-state index contributed by atoms with van der Waals surface area (Å²) in [5, 5.41) is 13.1. The number of hydrogen-bond donors (Lipinski definition) is 4. The number of nitrogens with zero attached hydrogens (tertiary/aromatic N) is 2. The van der Waals surface area contributed by atoms with Crippen LogP contribution >= 0.6 is 0 Å². The molecule has 1 heterocycles. The highest BCUT2D eigenvalue weighted by Crippen LogP contribution is 2.02. The fraction of sp³-hybridized carbons (Fsp3) is 1.00. The lowest BCUT2D eigenvalue weighted by atomic mass is 10.1. The molecule has 0 radical (unpaired) electrons. The van der Waals surface area contributed by atoms with Gasteiger partial charge in [-0.15, -0.1) is 0 Å². The highest BCUT2D eigenvalue weighted by atomic mass is 15.4. The molecule has 3 atom stereocenters. The van der Waals surface area contributed by atoms with Crippen LogP contribution in [0.4, 0.5) is 0 Å². The van der Waals surface area contributed by atoms with Gasteiger partial charge in [0, 0.05) is 12.7 Å². The highest BCUT2D eigenvalue weighted by molar-refractivity contribution is 4.88. The number of nitrogens with two attached hydrogens (primary N) is 2. The van der Waals surface area contributed by atoms with Gasteiger partial charge >= 0.3 is 0 Å². The second kappa shape index (κ2) is 3.61. The van der Waals surface area contributed by atoms with Crippen molar-refractivity contribution in [2.45, 2.75) is 25.2 Å². The Kier molecular flexibility index (Phi) is 2.75. The summed E-state index contributed by atoms with van der Waals surface area (Å²) in [5.41, 5.74) is 5.77. The van der Waals surface area contributed by atoms with E-state index in [0.29, 0.717) is 6.67 Å². The van der Waals surface area contributed by atoms with Crippen LogP contribution in [0.25, 0.3) is 0 Å². The monoisotopic (exact) mass is 158 g/mol. The van der Waals surface area contributed by atoms with Gasteiger partial charge < -0.3 is 16.9 Å². The van der Waals surface area contributed by atoms with Gasteiger partial charge in [-0.1, -0.05) is 5.22 Å². The van der Waals surface area contributed by atoms with Gasteiger partial charge in [-0.3, -0.25) is 5.32 Å². The maximum atomic E-state index is 5.77. The first kappa shape index (κ1) is 8.38. The third kappa shape index (κ3) is 1.86. The summed E-state index contributed by atoms with van der Waals surface area (Å²) in [7, 11) is 0. The molecule has 0 aromatic heterocycles. The first-order chi connectivity index (χ1) is 5.25. The zero-order chi connectivity index (χ0) is 8.27. The van der Waals surface area contributed by atoms with E-state index >= 15 is 0 Å². The summed E-state index contributed by atoms with van der Waals surface area (Å²) in [5.74, 6) is 4.91. The smallest absolute Gasteiger partial charge is 0.140 e. The lowest BCUT2D eigenvalue weighted by Gasteiger charge is -2.32. The minimum absolute atomic E-state index is 0.0731. The Bertz CT molecular complexity index is 146. The van der Waals surface area contributed by atoms with E-state index in [-0.39, 0.29) is 18.2 Å². The normalized spacial score (nSPS) is 39.6. The lowest BCUT2D eigenvalue weighted by molar-refractivity contribution is 0.282. The van der Waals surface area contributed by atoms with E-state index in [0.717, 1.165) is 0 Å². The molecular weight excluding hydrogens is 144 g/mol. The largest absolute Gasteiger partial charge is 0.323 e. The molecule has 1 aliphatic heterocycles. The molecule has 6 nitrogen and oxygen atoms in total. The molecule has 1 aliphatic rings. The Morgan fingerprint density at radius 1 is 1.45 bits per heavy atom. The molecule has 1 rings (SSSR count). The van der Waals surface area contributed by atoms with Crippen molar-refractivity contribution in [3.8, 4) is 0 Å². The van der Waals surface area contributed by atoms with Crippen molar-refractivity contribution >= 4 is 0 Å². The van der Waals surface area contributed by atoms with Gasteiger partial charge in [0.1, 0.15) is 6.17 Å². The van der Waals surface area contributed by atoms with Crippen LogP contribution < -0.4 is 22.2 Å². The molecule has 0 aliphatic carbocycles. The van der Waals surface area contributed by atoms with Crippen LogP contribution in [0, 0.1) is 0 Å². The summed E-state index contributed by atoms with van der Waals surface area (Å²) < 4.78 is 0. The van der Waals surface area contributed by atoms with Crippen molar-refractivity contribution in [3.63, 3.8) is 0 Å². The van der Waals surface area contributed by atoms with Crippen molar-refractivity contribution in [3.05, 3.63) is 0 Å². The Balaban J connectivity index is 2.51. The van der Waals surface area contributed by atoms with E-state index in [9.17, 15) is 0 Å². The maximum Gasteiger partial charge on any atom is 0.140 e. The third-order valence-electron chi connectivity index (χ3n) is 1.87. The van der Waals surface area contributed by atoms with E-state index in [1.54, 1.807) is 0 Å². The van der Waals surface area contributed by atoms with Crippen LogP contribution in [0.15, 0.2) is 10.3 Å². The fourth-order valence-corrected chi connectivity index (χ4v) is 1.06. The molecule has 64 valence electrons. The molecule has 0 amide bonds. The minimum Gasteiger partial charge on any atom is -0.323 e. The van der Waals surface area contributed by atoms with Crippen LogP contribution in [-0.2, 0) is 0 Å². The molecule has 11 heavy (non-hydrogen) atoms. The van der Waals surface area contributed by atoms with E-state index in [4.69, 9.17) is 11.6 Å². The van der Waals surface area contributed by atoms with Gasteiger partial charge in [-0.05, 0) is 6.92 Å². The van der Waals surface area contributed by atoms with Gasteiger partial charge in [0.25, 0.3) is 0 Å². The van der Waals surface area contributed by atoms with Gasteiger partial charge in [-0.2, -0.15) is 5.11 Å². The molecule has 6 heteroatoms. The molecule has 3 unspecified atom stereocenters. The maximum absolute atomic E-state index is 5.77. The Hall–Kier alpha value is -0.720. The minimum atomic E-state index is -0.156. The van der Waals surface area contributed by atoms with Crippen molar-refractivity contribution in [2.24, 2.45) is 21.9 Å². The molecule has 1 fully saturated rings. The van der Waals surface area contributed by atoms with Gasteiger partial charge in [0.2, 0.25) is 0 Å². The Morgan fingerprint density at radius 3 is 2.82 bits per heavy atom. The summed E-state index contributed by atoms with van der Waals surface area (Å²) >= 11 is 0. The molecule has 6 N–H and O–H groups in total. The molecule has 1 saturated heterocycles. The van der Waals surface area contributed by atoms with Crippen LogP contribution in [0.2, 0.25) is 0 Å². The highest BCUT2D eigenvalue weighted by Gasteiger charge is 2.26. The first-order valence-electron chi connectivity index (χ1n) is 3.58. The summed E-state index contributed by atoms with van der Waals surface area (Å²) in [4.78, 5) is 0. The average Bonchev–Trinajstić information content (AvgIpc) is 1.99. The SMILES string of the molecule is CC1NCNC(N=NN)C1N. The van der Waals surface area contributed by atoms with Gasteiger partial charge in [-0.25, -0.2) is 0 Å².